The van der Waals surface area contributed by atoms with Crippen LogP contribution in [0.4, 0.5) is 14.6 Å². The van der Waals surface area contributed by atoms with Gasteiger partial charge in [0.15, 0.2) is 23.0 Å². The summed E-state index contributed by atoms with van der Waals surface area (Å²) in [4.78, 5) is 11.4. The third kappa shape index (κ3) is 3.64. The van der Waals surface area contributed by atoms with E-state index >= 15 is 0 Å². The molecule has 3 heterocycles. The van der Waals surface area contributed by atoms with Gasteiger partial charge in [-0.05, 0) is 43.2 Å². The van der Waals surface area contributed by atoms with E-state index in [-0.39, 0.29) is 11.6 Å². The molecule has 0 unspecified atom stereocenters. The Balaban J connectivity index is 1.77. The Labute approximate surface area is 188 Å². The zero-order valence-electron chi connectivity index (χ0n) is 17.5. The highest BCUT2D eigenvalue weighted by Crippen LogP contribution is 2.37. The van der Waals surface area contributed by atoms with E-state index in [2.05, 4.69) is 9.88 Å². The molecule has 7 nitrogen and oxygen atoms in total. The molecule has 1 aliphatic rings. The molecule has 33 heavy (non-hydrogen) atoms. The number of halogens is 2. The summed E-state index contributed by atoms with van der Waals surface area (Å²) in [6.07, 6.45) is 5.20. The first kappa shape index (κ1) is 20.8. The van der Waals surface area contributed by atoms with Crippen molar-refractivity contribution in [3.63, 3.8) is 0 Å². The standard InChI is InChI=1S/C24H20F2N6O/c25-18-10-14(3-4-16(18)12-27)21-22(15-5-6-20(33)19(26)11-15)32-9-7-29-23(24(32)30-21)31-8-1-2-17(28)13-31/h3-7,9-11,17,33H,1-2,8,13,28H2/t17-/m1/s1. The Kier molecular flexibility index (Phi) is 5.15. The molecular formula is C24H20F2N6O. The van der Waals surface area contributed by atoms with Crippen LogP contribution in [-0.2, 0) is 0 Å². The summed E-state index contributed by atoms with van der Waals surface area (Å²) in [7, 11) is 0. The van der Waals surface area contributed by atoms with E-state index in [0.29, 0.717) is 40.5 Å². The van der Waals surface area contributed by atoms with Gasteiger partial charge in [0.25, 0.3) is 0 Å². The average molecular weight is 446 g/mol. The molecule has 5 rings (SSSR count). The maximum absolute atomic E-state index is 14.5. The summed E-state index contributed by atoms with van der Waals surface area (Å²) < 4.78 is 30.5. The van der Waals surface area contributed by atoms with Crippen molar-refractivity contribution in [1.29, 1.82) is 5.26 Å². The van der Waals surface area contributed by atoms with Gasteiger partial charge in [-0.3, -0.25) is 4.40 Å². The van der Waals surface area contributed by atoms with Crippen LogP contribution in [0.2, 0.25) is 0 Å². The topological polar surface area (TPSA) is 103 Å². The zero-order chi connectivity index (χ0) is 23.1. The Bertz CT molecular complexity index is 1410. The summed E-state index contributed by atoms with van der Waals surface area (Å²) >= 11 is 0. The van der Waals surface area contributed by atoms with Crippen LogP contribution < -0.4 is 10.6 Å². The van der Waals surface area contributed by atoms with Gasteiger partial charge in [-0.15, -0.1) is 0 Å². The average Bonchev–Trinajstić information content (AvgIpc) is 3.20. The molecule has 9 heteroatoms. The van der Waals surface area contributed by atoms with Crippen molar-refractivity contribution >= 4 is 11.5 Å². The van der Waals surface area contributed by atoms with Crippen LogP contribution >= 0.6 is 0 Å². The molecule has 0 saturated carbocycles. The highest BCUT2D eigenvalue weighted by atomic mass is 19.1. The summed E-state index contributed by atoms with van der Waals surface area (Å²) in [5, 5.41) is 18.8. The summed E-state index contributed by atoms with van der Waals surface area (Å²) in [5.41, 5.74) is 8.41. The Hall–Kier alpha value is -4.03. The lowest BCUT2D eigenvalue weighted by molar-refractivity contribution is 0.432. The Morgan fingerprint density at radius 2 is 1.91 bits per heavy atom. The van der Waals surface area contributed by atoms with E-state index in [9.17, 15) is 13.9 Å². The number of hydrogen-bond donors (Lipinski definition) is 2. The molecule has 0 bridgehead atoms. The number of rotatable bonds is 3. The third-order valence-electron chi connectivity index (χ3n) is 5.87. The molecule has 0 aliphatic carbocycles. The van der Waals surface area contributed by atoms with Crippen LogP contribution in [0, 0.1) is 23.0 Å². The van der Waals surface area contributed by atoms with Gasteiger partial charge in [-0.1, -0.05) is 6.07 Å². The smallest absolute Gasteiger partial charge is 0.181 e. The van der Waals surface area contributed by atoms with Gasteiger partial charge in [-0.25, -0.2) is 18.7 Å². The van der Waals surface area contributed by atoms with Crippen LogP contribution in [0.25, 0.3) is 28.2 Å². The molecule has 1 saturated heterocycles. The van der Waals surface area contributed by atoms with Gasteiger partial charge >= 0.3 is 0 Å². The van der Waals surface area contributed by atoms with Crippen LogP contribution in [0.3, 0.4) is 0 Å². The predicted octanol–water partition coefficient (Wildman–Crippen LogP) is 3.85. The lowest BCUT2D eigenvalue weighted by Gasteiger charge is -2.31. The number of piperidine rings is 1. The van der Waals surface area contributed by atoms with E-state index in [0.717, 1.165) is 19.4 Å². The second-order valence-electron chi connectivity index (χ2n) is 8.07. The van der Waals surface area contributed by atoms with Crippen molar-refractivity contribution in [3.8, 4) is 34.3 Å². The number of nitrogens with zero attached hydrogens (tertiary/aromatic N) is 5. The molecule has 0 spiro atoms. The van der Waals surface area contributed by atoms with Gasteiger partial charge in [0.05, 0.1) is 17.0 Å². The number of benzene rings is 2. The van der Waals surface area contributed by atoms with Crippen LogP contribution in [-0.4, -0.2) is 38.6 Å². The number of aromatic hydroxyl groups is 1. The number of nitriles is 1. The summed E-state index contributed by atoms with van der Waals surface area (Å²) in [5.74, 6) is -1.29. The number of anilines is 1. The fourth-order valence-corrected chi connectivity index (χ4v) is 4.27. The molecule has 2 aromatic heterocycles. The Morgan fingerprint density at radius 1 is 1.12 bits per heavy atom. The fourth-order valence-electron chi connectivity index (χ4n) is 4.27. The molecule has 166 valence electrons. The van der Waals surface area contributed by atoms with Crippen molar-refractivity contribution in [1.82, 2.24) is 14.4 Å². The van der Waals surface area contributed by atoms with Crippen LogP contribution in [0.15, 0.2) is 48.8 Å². The predicted molar refractivity (Wildman–Crippen MR) is 120 cm³/mol. The zero-order valence-corrected chi connectivity index (χ0v) is 17.5. The number of aromatic nitrogens is 3. The molecule has 0 amide bonds. The number of nitrogens with two attached hydrogens (primary N) is 1. The number of imidazole rings is 1. The van der Waals surface area contributed by atoms with Crippen LogP contribution in [0.5, 0.6) is 5.75 Å². The van der Waals surface area contributed by atoms with Gasteiger partial charge in [0.2, 0.25) is 0 Å². The second kappa shape index (κ2) is 8.15. The first-order valence-corrected chi connectivity index (χ1v) is 10.5. The maximum Gasteiger partial charge on any atom is 0.181 e. The Morgan fingerprint density at radius 3 is 2.64 bits per heavy atom. The molecule has 1 fully saturated rings. The minimum Gasteiger partial charge on any atom is -0.505 e. The van der Waals surface area contributed by atoms with Gasteiger partial charge in [-0.2, -0.15) is 5.26 Å². The minimum atomic E-state index is -0.782. The van der Waals surface area contributed by atoms with Crippen molar-refractivity contribution < 1.29 is 13.9 Å². The van der Waals surface area contributed by atoms with Crippen molar-refractivity contribution in [2.75, 3.05) is 18.0 Å². The lowest BCUT2D eigenvalue weighted by Crippen LogP contribution is -2.43. The molecule has 0 radical (unpaired) electrons. The first-order chi connectivity index (χ1) is 16.0. The van der Waals surface area contributed by atoms with Gasteiger partial charge < -0.3 is 15.7 Å². The number of hydrogen-bond acceptors (Lipinski definition) is 6. The molecule has 1 atom stereocenters. The fraction of sp³-hybridized carbons (Fsp3) is 0.208. The van der Waals surface area contributed by atoms with Gasteiger partial charge in [0.1, 0.15) is 11.9 Å². The van der Waals surface area contributed by atoms with E-state index in [4.69, 9.17) is 16.0 Å². The van der Waals surface area contributed by atoms with Crippen molar-refractivity contribution in [3.05, 3.63) is 66.0 Å². The highest BCUT2D eigenvalue weighted by molar-refractivity contribution is 5.85. The molecule has 2 aromatic carbocycles. The highest BCUT2D eigenvalue weighted by Gasteiger charge is 2.25. The number of phenolic OH excluding ortho intramolecular Hbond substituents is 1. The summed E-state index contributed by atoms with van der Waals surface area (Å²) in [6.45, 7) is 1.40. The maximum atomic E-state index is 14.5. The molecule has 1 aliphatic heterocycles. The molecule has 4 aromatic rings. The lowest BCUT2D eigenvalue weighted by atomic mass is 10.0. The minimum absolute atomic E-state index is 0.0218. The summed E-state index contributed by atoms with van der Waals surface area (Å²) in [6, 6.07) is 10.1. The van der Waals surface area contributed by atoms with Gasteiger partial charge in [0, 0.05) is 42.7 Å². The van der Waals surface area contributed by atoms with Crippen LogP contribution in [0.1, 0.15) is 18.4 Å². The van der Waals surface area contributed by atoms with E-state index in [1.54, 1.807) is 28.9 Å². The number of fused-ring (bicyclic) bond motifs is 1. The van der Waals surface area contributed by atoms with Crippen molar-refractivity contribution in [2.45, 2.75) is 18.9 Å². The van der Waals surface area contributed by atoms with E-state index < -0.39 is 17.4 Å². The largest absolute Gasteiger partial charge is 0.505 e. The quantitative estimate of drug-likeness (QED) is 0.496. The normalized spacial score (nSPS) is 16.2. The second-order valence-corrected chi connectivity index (χ2v) is 8.07. The molecule has 3 N–H and O–H groups in total. The molecular weight excluding hydrogens is 426 g/mol. The van der Waals surface area contributed by atoms with E-state index in [1.165, 1.54) is 24.3 Å². The van der Waals surface area contributed by atoms with Crippen molar-refractivity contribution in [2.24, 2.45) is 5.73 Å². The monoisotopic (exact) mass is 446 g/mol. The van der Waals surface area contributed by atoms with E-state index in [1.807, 2.05) is 6.07 Å². The SMILES string of the molecule is N#Cc1ccc(-c2nc3c(N4CCC[C@@H](N)C4)nccn3c2-c2ccc(O)c(F)c2)cc1F. The number of phenols is 1. The first-order valence-electron chi connectivity index (χ1n) is 10.5. The third-order valence-corrected chi connectivity index (χ3v) is 5.87.